The molecule has 0 unspecified atom stereocenters. The minimum Gasteiger partial charge on any atom is -0.454 e. The molecule has 2 N–H and O–H groups in total. The molecule has 0 bridgehead atoms. The maximum absolute atomic E-state index is 12.9. The number of urea groups is 1. The molecule has 1 spiro atoms. The average Bonchev–Trinajstić information content (AvgIpc) is 2.99. The molecular formula is C23H31N3O5. The molecule has 2 aliphatic rings. The first-order valence-electron chi connectivity index (χ1n) is 11.0. The second-order valence-corrected chi connectivity index (χ2v) is 8.58. The van der Waals surface area contributed by atoms with E-state index in [1.807, 2.05) is 19.1 Å². The first-order chi connectivity index (χ1) is 14.8. The summed E-state index contributed by atoms with van der Waals surface area (Å²) in [5, 5.41) is 5.46. The second-order valence-electron chi connectivity index (χ2n) is 8.58. The van der Waals surface area contributed by atoms with Crippen molar-refractivity contribution in [2.24, 2.45) is 5.92 Å². The summed E-state index contributed by atoms with van der Waals surface area (Å²) >= 11 is 0. The number of imide groups is 1. The predicted octanol–water partition coefficient (Wildman–Crippen LogP) is 3.18. The highest BCUT2D eigenvalue weighted by molar-refractivity contribution is 6.09. The van der Waals surface area contributed by atoms with Crippen LogP contribution in [0.15, 0.2) is 24.3 Å². The number of nitrogens with one attached hydrogen (secondary N) is 2. The van der Waals surface area contributed by atoms with Gasteiger partial charge < -0.3 is 15.4 Å². The van der Waals surface area contributed by atoms with Crippen LogP contribution in [0.3, 0.4) is 0 Å². The van der Waals surface area contributed by atoms with E-state index in [1.165, 1.54) is 5.56 Å². The molecule has 168 valence electrons. The van der Waals surface area contributed by atoms with E-state index in [-0.39, 0.29) is 11.8 Å². The van der Waals surface area contributed by atoms with Gasteiger partial charge >= 0.3 is 12.0 Å². The van der Waals surface area contributed by atoms with Crippen LogP contribution in [0.25, 0.3) is 0 Å². The minimum absolute atomic E-state index is 0.0104. The summed E-state index contributed by atoms with van der Waals surface area (Å²) in [6.07, 6.45) is 4.32. The molecule has 1 aromatic rings. The van der Waals surface area contributed by atoms with Gasteiger partial charge in [0.25, 0.3) is 11.8 Å². The molecule has 3 rings (SSSR count). The zero-order valence-corrected chi connectivity index (χ0v) is 18.4. The molecule has 1 aliphatic carbocycles. The Hall–Kier alpha value is -2.90. The number of rotatable bonds is 7. The van der Waals surface area contributed by atoms with Crippen molar-refractivity contribution in [2.75, 3.05) is 18.5 Å². The van der Waals surface area contributed by atoms with Gasteiger partial charge in [0.2, 0.25) is 0 Å². The van der Waals surface area contributed by atoms with Gasteiger partial charge in [0.15, 0.2) is 6.61 Å². The van der Waals surface area contributed by atoms with E-state index in [4.69, 9.17) is 4.74 Å². The quantitative estimate of drug-likeness (QED) is 0.512. The third kappa shape index (κ3) is 4.89. The van der Waals surface area contributed by atoms with Crippen molar-refractivity contribution in [1.29, 1.82) is 0 Å². The number of ether oxygens (including phenoxy) is 1. The monoisotopic (exact) mass is 429 g/mol. The Balaban J connectivity index is 1.49. The summed E-state index contributed by atoms with van der Waals surface area (Å²) < 4.78 is 4.99. The highest BCUT2D eigenvalue weighted by atomic mass is 16.5. The normalized spacial score (nSPS) is 24.1. The summed E-state index contributed by atoms with van der Waals surface area (Å²) in [7, 11) is 0. The molecule has 31 heavy (non-hydrogen) atoms. The fourth-order valence-electron chi connectivity index (χ4n) is 4.29. The van der Waals surface area contributed by atoms with Gasteiger partial charge in [0.1, 0.15) is 12.1 Å². The lowest BCUT2D eigenvalue weighted by molar-refractivity contribution is -0.150. The fourth-order valence-corrected chi connectivity index (χ4v) is 4.29. The second kappa shape index (κ2) is 9.49. The minimum atomic E-state index is -0.922. The number of hydrogen-bond acceptors (Lipinski definition) is 5. The van der Waals surface area contributed by atoms with Crippen LogP contribution in [0.1, 0.15) is 64.4 Å². The standard InChI is InChI=1S/C23H31N3O5/c1-4-15(2)17-8-10-18(11-9-17)24-19(27)14-31-20(28)13-26-21(29)23(25-22(26)30)12-6-5-7-16(23)3/h8-11,15-16H,4-7,12-14H2,1-3H3,(H,24,27)(H,25,30)/t15-,16-,23-/m0/s1. The van der Waals surface area contributed by atoms with Crippen LogP contribution < -0.4 is 10.6 Å². The number of anilines is 1. The third-order valence-electron chi connectivity index (χ3n) is 6.53. The lowest BCUT2D eigenvalue weighted by Gasteiger charge is -2.36. The molecule has 2 fully saturated rings. The van der Waals surface area contributed by atoms with Crippen molar-refractivity contribution in [2.45, 2.75) is 64.3 Å². The van der Waals surface area contributed by atoms with Crippen molar-refractivity contribution in [3.05, 3.63) is 29.8 Å². The molecule has 0 aromatic heterocycles. The number of benzene rings is 1. The van der Waals surface area contributed by atoms with Gasteiger partial charge in [0, 0.05) is 5.69 Å². The smallest absolute Gasteiger partial charge is 0.326 e. The zero-order chi connectivity index (χ0) is 22.6. The largest absolute Gasteiger partial charge is 0.454 e. The molecular weight excluding hydrogens is 398 g/mol. The van der Waals surface area contributed by atoms with Crippen molar-refractivity contribution >= 4 is 29.5 Å². The molecule has 0 radical (unpaired) electrons. The van der Waals surface area contributed by atoms with E-state index in [0.717, 1.165) is 30.6 Å². The predicted molar refractivity (Wildman–Crippen MR) is 115 cm³/mol. The van der Waals surface area contributed by atoms with Crippen LogP contribution in [0.5, 0.6) is 0 Å². The highest BCUT2D eigenvalue weighted by Crippen LogP contribution is 2.38. The molecule has 1 heterocycles. The molecule has 8 heteroatoms. The third-order valence-corrected chi connectivity index (χ3v) is 6.53. The fraction of sp³-hybridized carbons (Fsp3) is 0.565. The number of carbonyl (C=O) groups excluding carboxylic acids is 4. The topological polar surface area (TPSA) is 105 Å². The number of amides is 4. The molecule has 4 amide bonds. The molecule has 3 atom stereocenters. The van der Waals surface area contributed by atoms with Crippen LogP contribution in [0, 0.1) is 5.92 Å². The maximum Gasteiger partial charge on any atom is 0.326 e. The Morgan fingerprint density at radius 1 is 1.26 bits per heavy atom. The first-order valence-corrected chi connectivity index (χ1v) is 11.0. The van der Waals surface area contributed by atoms with Gasteiger partial charge in [0.05, 0.1) is 0 Å². The van der Waals surface area contributed by atoms with Gasteiger partial charge in [-0.2, -0.15) is 0 Å². The van der Waals surface area contributed by atoms with Gasteiger partial charge in [-0.1, -0.05) is 45.7 Å². The van der Waals surface area contributed by atoms with E-state index >= 15 is 0 Å². The van der Waals surface area contributed by atoms with Crippen LogP contribution in [-0.2, 0) is 19.1 Å². The highest BCUT2D eigenvalue weighted by Gasteiger charge is 2.55. The number of nitrogens with zero attached hydrogens (tertiary/aromatic N) is 1. The van der Waals surface area contributed by atoms with Crippen LogP contribution in [-0.4, -0.2) is 47.4 Å². The van der Waals surface area contributed by atoms with E-state index < -0.39 is 36.6 Å². The Morgan fingerprint density at radius 2 is 1.97 bits per heavy atom. The SMILES string of the molecule is CC[C@H](C)c1ccc(NC(=O)COC(=O)CN2C(=O)N[C@]3(CCCC[C@@H]3C)C2=O)cc1. The summed E-state index contributed by atoms with van der Waals surface area (Å²) in [4.78, 5) is 50.4. The van der Waals surface area contributed by atoms with Gasteiger partial charge in [-0.05, 0) is 48.8 Å². The molecule has 1 saturated carbocycles. The zero-order valence-electron chi connectivity index (χ0n) is 18.4. The first kappa shape index (κ1) is 22.8. The Labute approximate surface area is 182 Å². The van der Waals surface area contributed by atoms with Gasteiger partial charge in [-0.3, -0.25) is 19.3 Å². The van der Waals surface area contributed by atoms with Crippen molar-refractivity contribution in [3.63, 3.8) is 0 Å². The number of esters is 1. The lowest BCUT2D eigenvalue weighted by atomic mass is 9.73. The van der Waals surface area contributed by atoms with E-state index in [0.29, 0.717) is 18.0 Å². The summed E-state index contributed by atoms with van der Waals surface area (Å²) in [6.45, 7) is 5.20. The molecule has 8 nitrogen and oxygen atoms in total. The van der Waals surface area contributed by atoms with Crippen LogP contribution in [0.4, 0.5) is 10.5 Å². The van der Waals surface area contributed by atoms with E-state index in [1.54, 1.807) is 12.1 Å². The summed E-state index contributed by atoms with van der Waals surface area (Å²) in [5.41, 5.74) is 0.870. The Bertz CT molecular complexity index is 853. The van der Waals surface area contributed by atoms with Crippen LogP contribution in [0.2, 0.25) is 0 Å². The number of hydrogen-bond donors (Lipinski definition) is 2. The number of carbonyl (C=O) groups is 4. The van der Waals surface area contributed by atoms with Gasteiger partial charge in [-0.25, -0.2) is 4.79 Å². The Kier molecular flexibility index (Phi) is 6.97. The van der Waals surface area contributed by atoms with E-state index in [9.17, 15) is 19.2 Å². The Morgan fingerprint density at radius 3 is 2.61 bits per heavy atom. The molecule has 1 aliphatic heterocycles. The van der Waals surface area contributed by atoms with Gasteiger partial charge in [-0.15, -0.1) is 0 Å². The van der Waals surface area contributed by atoms with Crippen molar-refractivity contribution in [1.82, 2.24) is 10.2 Å². The molecule has 1 saturated heterocycles. The average molecular weight is 430 g/mol. The maximum atomic E-state index is 12.9. The van der Waals surface area contributed by atoms with E-state index in [2.05, 4.69) is 24.5 Å². The van der Waals surface area contributed by atoms with Crippen LogP contribution >= 0.6 is 0 Å². The summed E-state index contributed by atoms with van der Waals surface area (Å²) in [6, 6.07) is 6.94. The summed E-state index contributed by atoms with van der Waals surface area (Å²) in [5.74, 6) is -1.22. The lowest BCUT2D eigenvalue weighted by Crippen LogP contribution is -2.54. The van der Waals surface area contributed by atoms with Crippen molar-refractivity contribution < 1.29 is 23.9 Å². The molecule has 1 aromatic carbocycles. The van der Waals surface area contributed by atoms with Crippen molar-refractivity contribution in [3.8, 4) is 0 Å².